The highest BCUT2D eigenvalue weighted by Crippen LogP contribution is 2.28. The summed E-state index contributed by atoms with van der Waals surface area (Å²) in [5.41, 5.74) is 0.511. The minimum atomic E-state index is -0.906. The quantitative estimate of drug-likeness (QED) is 0.0655. The SMILES string of the molecule is CCCCCCCCCC(C)COC(OCC(C)CCCCCCCCC)C(=O)c1ccc(OC)c(OC)c1. The molecule has 0 aliphatic heterocycles. The summed E-state index contributed by atoms with van der Waals surface area (Å²) in [6, 6.07) is 5.23. The first-order valence-corrected chi connectivity index (χ1v) is 16.0. The lowest BCUT2D eigenvalue weighted by molar-refractivity contribution is -0.128. The Balaban J connectivity index is 2.61. The van der Waals surface area contributed by atoms with Crippen LogP contribution in [-0.4, -0.2) is 39.5 Å². The summed E-state index contributed by atoms with van der Waals surface area (Å²) in [6.07, 6.45) is 19.6. The zero-order valence-corrected chi connectivity index (χ0v) is 26.2. The van der Waals surface area contributed by atoms with Crippen molar-refractivity contribution in [3.05, 3.63) is 23.8 Å². The summed E-state index contributed by atoms with van der Waals surface area (Å²) < 4.78 is 23.0. The third kappa shape index (κ3) is 16.3. The van der Waals surface area contributed by atoms with Crippen LogP contribution < -0.4 is 9.47 Å². The molecule has 0 aliphatic carbocycles. The molecule has 0 heterocycles. The zero-order chi connectivity index (χ0) is 28.7. The number of hydrogen-bond acceptors (Lipinski definition) is 5. The average Bonchev–Trinajstić information content (AvgIpc) is 2.95. The van der Waals surface area contributed by atoms with Crippen molar-refractivity contribution in [2.24, 2.45) is 11.8 Å². The van der Waals surface area contributed by atoms with Crippen LogP contribution >= 0.6 is 0 Å². The van der Waals surface area contributed by atoms with Gasteiger partial charge < -0.3 is 18.9 Å². The average molecular weight is 549 g/mol. The molecule has 0 bridgehead atoms. The summed E-state index contributed by atoms with van der Waals surface area (Å²) in [6.45, 7) is 9.96. The first-order valence-electron chi connectivity index (χ1n) is 16.0. The fraction of sp³-hybridized carbons (Fsp3) is 0.794. The minimum absolute atomic E-state index is 0.165. The number of carbonyl (C=O) groups is 1. The molecule has 2 atom stereocenters. The Morgan fingerprint density at radius 1 is 0.641 bits per heavy atom. The summed E-state index contributed by atoms with van der Waals surface area (Å²) in [7, 11) is 3.17. The number of rotatable bonds is 26. The number of ether oxygens (including phenoxy) is 4. The van der Waals surface area contributed by atoms with Crippen molar-refractivity contribution >= 4 is 5.78 Å². The number of methoxy groups -OCH3 is 2. The Hall–Kier alpha value is -1.59. The van der Waals surface area contributed by atoms with Crippen molar-refractivity contribution in [1.82, 2.24) is 0 Å². The van der Waals surface area contributed by atoms with E-state index in [1.807, 2.05) is 0 Å². The molecule has 0 aliphatic rings. The van der Waals surface area contributed by atoms with E-state index >= 15 is 0 Å². The van der Waals surface area contributed by atoms with E-state index in [0.717, 1.165) is 12.8 Å². The first kappa shape index (κ1) is 35.4. The number of Topliss-reactive ketones (excluding diaryl/α,β-unsaturated/α-hetero) is 1. The molecular weight excluding hydrogens is 488 g/mol. The monoisotopic (exact) mass is 548 g/mol. The van der Waals surface area contributed by atoms with Gasteiger partial charge in [-0.15, -0.1) is 0 Å². The molecule has 0 radical (unpaired) electrons. The molecule has 5 nitrogen and oxygen atoms in total. The molecule has 0 fully saturated rings. The molecule has 2 unspecified atom stereocenters. The molecule has 226 valence electrons. The lowest BCUT2D eigenvalue weighted by Gasteiger charge is -2.22. The van der Waals surface area contributed by atoms with E-state index in [1.165, 1.54) is 89.9 Å². The topological polar surface area (TPSA) is 54.0 Å². The molecule has 1 rings (SSSR count). The molecule has 0 spiro atoms. The van der Waals surface area contributed by atoms with Gasteiger partial charge in [-0.25, -0.2) is 0 Å². The van der Waals surface area contributed by atoms with Crippen molar-refractivity contribution < 1.29 is 23.7 Å². The van der Waals surface area contributed by atoms with Crippen molar-refractivity contribution in [1.29, 1.82) is 0 Å². The molecule has 0 amide bonds. The Labute approximate surface area is 240 Å². The van der Waals surface area contributed by atoms with Gasteiger partial charge in [-0.3, -0.25) is 4.79 Å². The number of carbonyl (C=O) groups excluding carboxylic acids is 1. The fourth-order valence-corrected chi connectivity index (χ4v) is 4.89. The predicted octanol–water partition coefficient (Wildman–Crippen LogP) is 9.80. The number of hydrogen-bond donors (Lipinski definition) is 0. The molecule has 0 N–H and O–H groups in total. The van der Waals surface area contributed by atoms with Crippen molar-refractivity contribution in [2.45, 2.75) is 137 Å². The minimum Gasteiger partial charge on any atom is -0.493 e. The summed E-state index contributed by atoms with van der Waals surface area (Å²) in [5, 5.41) is 0. The lowest BCUT2D eigenvalue weighted by atomic mass is 10.0. The zero-order valence-electron chi connectivity index (χ0n) is 26.2. The van der Waals surface area contributed by atoms with Gasteiger partial charge in [-0.2, -0.15) is 0 Å². The predicted molar refractivity (Wildman–Crippen MR) is 163 cm³/mol. The number of ketones is 1. The smallest absolute Gasteiger partial charge is 0.222 e. The van der Waals surface area contributed by atoms with Gasteiger partial charge in [0.05, 0.1) is 27.4 Å². The van der Waals surface area contributed by atoms with Gasteiger partial charge in [0, 0.05) is 5.56 Å². The van der Waals surface area contributed by atoms with Gasteiger partial charge in [0.2, 0.25) is 12.1 Å². The highest BCUT2D eigenvalue weighted by molar-refractivity contribution is 5.99. The van der Waals surface area contributed by atoms with Crippen LogP contribution in [0.1, 0.15) is 141 Å². The van der Waals surface area contributed by atoms with Gasteiger partial charge in [0.25, 0.3) is 0 Å². The molecular formula is C34H60O5. The Kier molecular flexibility index (Phi) is 21.0. The van der Waals surface area contributed by atoms with Crippen LogP contribution in [-0.2, 0) is 9.47 Å². The maximum Gasteiger partial charge on any atom is 0.222 e. The molecule has 1 aromatic carbocycles. The van der Waals surface area contributed by atoms with Crippen LogP contribution in [0.4, 0.5) is 0 Å². The molecule has 0 aromatic heterocycles. The third-order valence-corrected chi connectivity index (χ3v) is 7.55. The second-order valence-corrected chi connectivity index (χ2v) is 11.5. The first-order chi connectivity index (χ1) is 19.0. The molecule has 1 aromatic rings. The van der Waals surface area contributed by atoms with E-state index in [-0.39, 0.29) is 5.78 Å². The lowest BCUT2D eigenvalue weighted by Crippen LogP contribution is -2.31. The highest BCUT2D eigenvalue weighted by Gasteiger charge is 2.24. The molecule has 0 saturated heterocycles. The largest absolute Gasteiger partial charge is 0.493 e. The van der Waals surface area contributed by atoms with Crippen LogP contribution in [0, 0.1) is 11.8 Å². The van der Waals surface area contributed by atoms with E-state index in [1.54, 1.807) is 32.4 Å². The third-order valence-electron chi connectivity index (χ3n) is 7.55. The molecule has 0 saturated carbocycles. The van der Waals surface area contributed by atoms with Gasteiger partial charge >= 0.3 is 0 Å². The summed E-state index contributed by atoms with van der Waals surface area (Å²) >= 11 is 0. The second-order valence-electron chi connectivity index (χ2n) is 11.5. The van der Waals surface area contributed by atoms with Crippen molar-refractivity contribution in [3.8, 4) is 11.5 Å². The van der Waals surface area contributed by atoms with Gasteiger partial charge in [-0.1, -0.05) is 118 Å². The van der Waals surface area contributed by atoms with Crippen LogP contribution in [0.5, 0.6) is 11.5 Å². The van der Waals surface area contributed by atoms with Crippen LogP contribution in [0.15, 0.2) is 18.2 Å². The van der Waals surface area contributed by atoms with Gasteiger partial charge in [0.15, 0.2) is 11.5 Å². The maximum atomic E-state index is 13.5. The second kappa shape index (κ2) is 23.1. The van der Waals surface area contributed by atoms with Crippen molar-refractivity contribution in [3.63, 3.8) is 0 Å². The van der Waals surface area contributed by atoms with E-state index in [9.17, 15) is 4.79 Å². The highest BCUT2D eigenvalue weighted by atomic mass is 16.7. The van der Waals surface area contributed by atoms with E-state index in [4.69, 9.17) is 18.9 Å². The van der Waals surface area contributed by atoms with Crippen molar-refractivity contribution in [2.75, 3.05) is 27.4 Å². The fourth-order valence-electron chi connectivity index (χ4n) is 4.89. The van der Waals surface area contributed by atoms with Crippen LogP contribution in [0.2, 0.25) is 0 Å². The number of unbranched alkanes of at least 4 members (excludes halogenated alkanes) is 12. The normalized spacial score (nSPS) is 13.7. The van der Waals surface area contributed by atoms with Crippen LogP contribution in [0.25, 0.3) is 0 Å². The summed E-state index contributed by atoms with van der Waals surface area (Å²) in [5.74, 6) is 1.73. The number of benzene rings is 1. The Morgan fingerprint density at radius 2 is 1.08 bits per heavy atom. The van der Waals surface area contributed by atoms with Gasteiger partial charge in [0.1, 0.15) is 0 Å². The molecule has 39 heavy (non-hydrogen) atoms. The standard InChI is InChI=1S/C34H60O5/c1-7-9-11-13-15-17-19-21-28(3)26-38-34(33(35)30-23-24-31(36-5)32(25-30)37-6)39-27-29(4)22-20-18-16-14-12-10-8-2/h23-25,28-29,34H,7-22,26-27H2,1-6H3. The van der Waals surface area contributed by atoms with E-state index < -0.39 is 6.29 Å². The Bertz CT molecular complexity index is 706. The van der Waals surface area contributed by atoms with E-state index in [2.05, 4.69) is 27.7 Å². The van der Waals surface area contributed by atoms with Crippen LogP contribution in [0.3, 0.4) is 0 Å². The van der Waals surface area contributed by atoms with Gasteiger partial charge in [-0.05, 0) is 42.9 Å². The summed E-state index contributed by atoms with van der Waals surface area (Å²) in [4.78, 5) is 13.5. The van der Waals surface area contributed by atoms with E-state index in [0.29, 0.717) is 42.1 Å². The maximum absolute atomic E-state index is 13.5. The molecule has 5 heteroatoms. The Morgan fingerprint density at radius 3 is 1.51 bits per heavy atom.